The minimum atomic E-state index is -0.603. The third-order valence-corrected chi connectivity index (χ3v) is 2.87. The summed E-state index contributed by atoms with van der Waals surface area (Å²) in [6.45, 7) is 4.19. The number of carbonyl (C=O) groups is 1. The van der Waals surface area contributed by atoms with E-state index < -0.39 is 5.97 Å². The van der Waals surface area contributed by atoms with Crippen LogP contribution in [0.3, 0.4) is 0 Å². The SMILES string of the molecule is CCC1CC(C)C(C(=O)O)C1. The van der Waals surface area contributed by atoms with Gasteiger partial charge in [-0.05, 0) is 24.7 Å². The molecule has 0 spiro atoms. The van der Waals surface area contributed by atoms with Gasteiger partial charge in [-0.1, -0.05) is 20.3 Å². The normalized spacial score (nSPS) is 37.5. The van der Waals surface area contributed by atoms with E-state index in [2.05, 4.69) is 13.8 Å². The van der Waals surface area contributed by atoms with Gasteiger partial charge in [-0.3, -0.25) is 4.79 Å². The topological polar surface area (TPSA) is 37.3 Å². The van der Waals surface area contributed by atoms with Gasteiger partial charge in [0.15, 0.2) is 0 Å². The second-order valence-electron chi connectivity index (χ2n) is 3.67. The van der Waals surface area contributed by atoms with Crippen LogP contribution in [0.15, 0.2) is 0 Å². The van der Waals surface area contributed by atoms with Crippen LogP contribution >= 0.6 is 0 Å². The monoisotopic (exact) mass is 156 g/mol. The predicted molar refractivity (Wildman–Crippen MR) is 43.3 cm³/mol. The van der Waals surface area contributed by atoms with E-state index in [0.29, 0.717) is 11.8 Å². The number of aliphatic carboxylic acids is 1. The highest BCUT2D eigenvalue weighted by molar-refractivity contribution is 5.70. The lowest BCUT2D eigenvalue weighted by atomic mass is 9.99. The molecule has 0 radical (unpaired) electrons. The fourth-order valence-corrected chi connectivity index (χ4v) is 2.06. The van der Waals surface area contributed by atoms with Gasteiger partial charge in [0.25, 0.3) is 0 Å². The van der Waals surface area contributed by atoms with Gasteiger partial charge in [-0.15, -0.1) is 0 Å². The van der Waals surface area contributed by atoms with Gasteiger partial charge in [-0.2, -0.15) is 0 Å². The molecule has 64 valence electrons. The van der Waals surface area contributed by atoms with E-state index in [1.54, 1.807) is 0 Å². The van der Waals surface area contributed by atoms with E-state index >= 15 is 0 Å². The van der Waals surface area contributed by atoms with Crippen LogP contribution in [-0.4, -0.2) is 11.1 Å². The van der Waals surface area contributed by atoms with Crippen molar-refractivity contribution in [3.05, 3.63) is 0 Å². The second-order valence-corrected chi connectivity index (χ2v) is 3.67. The zero-order chi connectivity index (χ0) is 8.43. The number of hydrogen-bond acceptors (Lipinski definition) is 1. The molecule has 1 aliphatic rings. The number of hydrogen-bond donors (Lipinski definition) is 1. The molecule has 1 rings (SSSR count). The summed E-state index contributed by atoms with van der Waals surface area (Å²) >= 11 is 0. The van der Waals surface area contributed by atoms with E-state index in [0.717, 1.165) is 19.3 Å². The Labute approximate surface area is 67.6 Å². The highest BCUT2D eigenvalue weighted by atomic mass is 16.4. The average molecular weight is 156 g/mol. The van der Waals surface area contributed by atoms with Gasteiger partial charge < -0.3 is 5.11 Å². The minimum Gasteiger partial charge on any atom is -0.481 e. The Morgan fingerprint density at radius 3 is 2.45 bits per heavy atom. The van der Waals surface area contributed by atoms with Crippen LogP contribution in [0.1, 0.15) is 33.1 Å². The van der Waals surface area contributed by atoms with Crippen molar-refractivity contribution in [3.63, 3.8) is 0 Å². The molecular formula is C9H16O2. The Balaban J connectivity index is 2.51. The van der Waals surface area contributed by atoms with E-state index in [1.165, 1.54) is 0 Å². The Morgan fingerprint density at radius 2 is 2.18 bits per heavy atom. The van der Waals surface area contributed by atoms with Gasteiger partial charge in [0.1, 0.15) is 0 Å². The van der Waals surface area contributed by atoms with Crippen molar-refractivity contribution in [1.29, 1.82) is 0 Å². The highest BCUT2D eigenvalue weighted by Crippen LogP contribution is 2.37. The third-order valence-electron chi connectivity index (χ3n) is 2.87. The molecule has 0 aromatic rings. The molecule has 2 heteroatoms. The summed E-state index contributed by atoms with van der Waals surface area (Å²) < 4.78 is 0. The Bertz CT molecular complexity index is 154. The van der Waals surface area contributed by atoms with Gasteiger partial charge in [-0.25, -0.2) is 0 Å². The third kappa shape index (κ3) is 1.73. The first-order valence-corrected chi connectivity index (χ1v) is 4.38. The van der Waals surface area contributed by atoms with Crippen molar-refractivity contribution in [3.8, 4) is 0 Å². The molecule has 0 aliphatic heterocycles. The molecule has 1 saturated carbocycles. The van der Waals surface area contributed by atoms with Gasteiger partial charge in [0, 0.05) is 0 Å². The van der Waals surface area contributed by atoms with E-state index in [-0.39, 0.29) is 5.92 Å². The van der Waals surface area contributed by atoms with Crippen molar-refractivity contribution < 1.29 is 9.90 Å². The first-order chi connectivity index (χ1) is 5.15. The maximum Gasteiger partial charge on any atom is 0.306 e. The van der Waals surface area contributed by atoms with Crippen LogP contribution in [0.2, 0.25) is 0 Å². The molecular weight excluding hydrogens is 140 g/mol. The van der Waals surface area contributed by atoms with Crippen molar-refractivity contribution >= 4 is 5.97 Å². The van der Waals surface area contributed by atoms with Gasteiger partial charge in [0.2, 0.25) is 0 Å². The number of carboxylic acids is 1. The molecule has 3 atom stereocenters. The fraction of sp³-hybridized carbons (Fsp3) is 0.889. The largest absolute Gasteiger partial charge is 0.481 e. The maximum atomic E-state index is 10.7. The number of rotatable bonds is 2. The van der Waals surface area contributed by atoms with E-state index in [1.807, 2.05) is 0 Å². The van der Waals surface area contributed by atoms with Crippen LogP contribution < -0.4 is 0 Å². The lowest BCUT2D eigenvalue weighted by molar-refractivity contribution is -0.142. The average Bonchev–Trinajstić information content (AvgIpc) is 2.30. The summed E-state index contributed by atoms with van der Waals surface area (Å²) in [5.74, 6) is 0.372. The Hall–Kier alpha value is -0.530. The van der Waals surface area contributed by atoms with Crippen molar-refractivity contribution in [2.75, 3.05) is 0 Å². The molecule has 2 nitrogen and oxygen atoms in total. The van der Waals surface area contributed by atoms with Crippen LogP contribution in [-0.2, 0) is 4.79 Å². The minimum absolute atomic E-state index is 0.0695. The quantitative estimate of drug-likeness (QED) is 0.665. The lowest BCUT2D eigenvalue weighted by Gasteiger charge is -2.07. The summed E-state index contributed by atoms with van der Waals surface area (Å²) in [7, 11) is 0. The molecule has 1 fully saturated rings. The standard InChI is InChI=1S/C9H16O2/c1-3-7-4-6(2)8(5-7)9(10)11/h6-8H,3-5H2,1-2H3,(H,10,11). The molecule has 0 amide bonds. The first kappa shape index (κ1) is 8.57. The van der Waals surface area contributed by atoms with Crippen molar-refractivity contribution in [1.82, 2.24) is 0 Å². The summed E-state index contributed by atoms with van der Waals surface area (Å²) in [5, 5.41) is 8.80. The zero-order valence-electron chi connectivity index (χ0n) is 7.21. The highest BCUT2D eigenvalue weighted by Gasteiger charge is 2.34. The van der Waals surface area contributed by atoms with Crippen LogP contribution in [0.25, 0.3) is 0 Å². The van der Waals surface area contributed by atoms with Gasteiger partial charge in [0.05, 0.1) is 5.92 Å². The molecule has 0 heterocycles. The van der Waals surface area contributed by atoms with Gasteiger partial charge >= 0.3 is 5.97 Å². The van der Waals surface area contributed by atoms with Crippen molar-refractivity contribution in [2.45, 2.75) is 33.1 Å². The zero-order valence-corrected chi connectivity index (χ0v) is 7.21. The first-order valence-electron chi connectivity index (χ1n) is 4.38. The molecule has 3 unspecified atom stereocenters. The van der Waals surface area contributed by atoms with Crippen LogP contribution in [0.5, 0.6) is 0 Å². The molecule has 1 aliphatic carbocycles. The fourth-order valence-electron chi connectivity index (χ4n) is 2.06. The summed E-state index contributed by atoms with van der Waals surface area (Å²) in [6.07, 6.45) is 3.13. The lowest BCUT2D eigenvalue weighted by Crippen LogP contribution is -2.15. The molecule has 11 heavy (non-hydrogen) atoms. The summed E-state index contributed by atoms with van der Waals surface area (Å²) in [6, 6.07) is 0. The molecule has 0 aromatic carbocycles. The maximum absolute atomic E-state index is 10.7. The molecule has 1 N–H and O–H groups in total. The number of carboxylic acid groups (broad SMARTS) is 1. The molecule has 0 saturated heterocycles. The van der Waals surface area contributed by atoms with E-state index in [4.69, 9.17) is 5.11 Å². The van der Waals surface area contributed by atoms with E-state index in [9.17, 15) is 4.79 Å². The van der Waals surface area contributed by atoms with Crippen LogP contribution in [0, 0.1) is 17.8 Å². The van der Waals surface area contributed by atoms with Crippen molar-refractivity contribution in [2.24, 2.45) is 17.8 Å². The Kier molecular flexibility index (Phi) is 2.53. The summed E-state index contributed by atoms with van der Waals surface area (Å²) in [4.78, 5) is 10.7. The molecule has 0 bridgehead atoms. The smallest absolute Gasteiger partial charge is 0.306 e. The second kappa shape index (κ2) is 3.24. The Morgan fingerprint density at radius 1 is 1.55 bits per heavy atom. The van der Waals surface area contributed by atoms with Crippen LogP contribution in [0.4, 0.5) is 0 Å². The summed E-state index contributed by atoms with van der Waals surface area (Å²) in [5.41, 5.74) is 0. The predicted octanol–water partition coefficient (Wildman–Crippen LogP) is 2.14. The molecule has 0 aromatic heterocycles.